The van der Waals surface area contributed by atoms with Crippen LogP contribution in [0.3, 0.4) is 0 Å². The molecule has 138 valence electrons. The monoisotopic (exact) mass is 340 g/mol. The van der Waals surface area contributed by atoms with Crippen molar-refractivity contribution in [3.05, 3.63) is 0 Å². The van der Waals surface area contributed by atoms with Crippen molar-refractivity contribution in [2.45, 2.75) is 77.3 Å². The Labute approximate surface area is 145 Å². The normalized spacial score (nSPS) is 30.2. The Bertz CT molecular complexity index is 362. The van der Waals surface area contributed by atoms with E-state index in [1.807, 2.05) is 13.8 Å². The molecule has 6 heteroatoms. The zero-order valence-corrected chi connectivity index (χ0v) is 15.0. The first-order valence-electron chi connectivity index (χ1n) is 9.48. The van der Waals surface area contributed by atoms with Crippen molar-refractivity contribution in [1.82, 2.24) is 10.6 Å². The molecule has 0 aliphatic heterocycles. The van der Waals surface area contributed by atoms with E-state index in [0.29, 0.717) is 13.2 Å². The quantitative estimate of drug-likeness (QED) is 0.802. The second-order valence-corrected chi connectivity index (χ2v) is 6.95. The Balaban J connectivity index is 1.65. The van der Waals surface area contributed by atoms with Crippen LogP contribution in [0.15, 0.2) is 0 Å². The largest absolute Gasteiger partial charge is 0.450 e. The summed E-state index contributed by atoms with van der Waals surface area (Å²) in [6, 6.07) is 0.532. The molecule has 2 aliphatic rings. The lowest BCUT2D eigenvalue weighted by molar-refractivity contribution is 0.126. The van der Waals surface area contributed by atoms with Gasteiger partial charge in [-0.2, -0.15) is 0 Å². The van der Waals surface area contributed by atoms with E-state index in [1.165, 1.54) is 25.7 Å². The molecule has 2 saturated carbocycles. The molecule has 0 saturated heterocycles. The van der Waals surface area contributed by atoms with Gasteiger partial charge in [-0.25, -0.2) is 9.59 Å². The summed E-state index contributed by atoms with van der Waals surface area (Å²) in [6.07, 6.45) is 8.33. The number of hydrogen-bond acceptors (Lipinski definition) is 4. The standard InChI is InChI=1S/C18H32N2O4/c1-3-23-17(21)19-15-9-5-13(6-10-15)14-7-11-16(12-8-14)20-18(22)24-4-2/h13-16H,3-12H2,1-2H3,(H,19,21)(H,20,22). The van der Waals surface area contributed by atoms with Crippen LogP contribution in [0.1, 0.15) is 65.2 Å². The molecule has 0 atom stereocenters. The van der Waals surface area contributed by atoms with E-state index in [-0.39, 0.29) is 24.3 Å². The Morgan fingerprint density at radius 3 is 1.33 bits per heavy atom. The molecule has 0 aromatic rings. The molecule has 24 heavy (non-hydrogen) atoms. The lowest BCUT2D eigenvalue weighted by atomic mass is 9.71. The van der Waals surface area contributed by atoms with Crippen molar-refractivity contribution >= 4 is 12.2 Å². The smallest absolute Gasteiger partial charge is 0.407 e. The van der Waals surface area contributed by atoms with Crippen molar-refractivity contribution in [3.8, 4) is 0 Å². The first-order valence-corrected chi connectivity index (χ1v) is 9.48. The average Bonchev–Trinajstić information content (AvgIpc) is 2.57. The second kappa shape index (κ2) is 9.74. The van der Waals surface area contributed by atoms with E-state index < -0.39 is 0 Å². The second-order valence-electron chi connectivity index (χ2n) is 6.95. The minimum absolute atomic E-state index is 0.266. The SMILES string of the molecule is CCOC(=O)NC1CCC(C2CCC(NC(=O)OCC)CC2)CC1. The number of rotatable bonds is 5. The molecule has 0 bridgehead atoms. The minimum Gasteiger partial charge on any atom is -0.450 e. The van der Waals surface area contributed by atoms with Gasteiger partial charge >= 0.3 is 12.2 Å². The minimum atomic E-state index is -0.286. The van der Waals surface area contributed by atoms with Gasteiger partial charge in [-0.3, -0.25) is 0 Å². The zero-order valence-electron chi connectivity index (χ0n) is 15.0. The van der Waals surface area contributed by atoms with Crippen LogP contribution < -0.4 is 10.6 Å². The van der Waals surface area contributed by atoms with E-state index >= 15 is 0 Å². The summed E-state index contributed by atoms with van der Waals surface area (Å²) in [5, 5.41) is 5.92. The first kappa shape index (κ1) is 18.9. The van der Waals surface area contributed by atoms with Gasteiger partial charge in [-0.15, -0.1) is 0 Å². The van der Waals surface area contributed by atoms with Gasteiger partial charge in [0.2, 0.25) is 0 Å². The zero-order chi connectivity index (χ0) is 17.4. The van der Waals surface area contributed by atoms with Crippen LogP contribution in [0.5, 0.6) is 0 Å². The molecule has 2 rings (SSSR count). The van der Waals surface area contributed by atoms with E-state index in [9.17, 15) is 9.59 Å². The number of carbonyl (C=O) groups excluding carboxylic acids is 2. The number of hydrogen-bond donors (Lipinski definition) is 2. The molecule has 2 aliphatic carbocycles. The molecule has 0 radical (unpaired) electrons. The lowest BCUT2D eigenvalue weighted by Crippen LogP contribution is -2.41. The first-order chi connectivity index (χ1) is 11.6. The molecule has 6 nitrogen and oxygen atoms in total. The van der Waals surface area contributed by atoms with Crippen molar-refractivity contribution < 1.29 is 19.1 Å². The predicted octanol–water partition coefficient (Wildman–Crippen LogP) is 3.60. The molecular weight excluding hydrogens is 308 g/mol. The van der Waals surface area contributed by atoms with Gasteiger partial charge in [0.25, 0.3) is 0 Å². The van der Waals surface area contributed by atoms with Gasteiger partial charge in [0.15, 0.2) is 0 Å². The van der Waals surface area contributed by atoms with Crippen LogP contribution in [-0.4, -0.2) is 37.5 Å². The van der Waals surface area contributed by atoms with Gasteiger partial charge in [-0.05, 0) is 77.0 Å². The number of alkyl carbamates (subject to hydrolysis) is 2. The Hall–Kier alpha value is -1.46. The van der Waals surface area contributed by atoms with E-state index in [0.717, 1.165) is 37.5 Å². The molecule has 0 unspecified atom stereocenters. The van der Waals surface area contributed by atoms with Gasteiger partial charge in [0.1, 0.15) is 0 Å². The van der Waals surface area contributed by atoms with Crippen LogP contribution in [0, 0.1) is 11.8 Å². The maximum atomic E-state index is 11.5. The van der Waals surface area contributed by atoms with E-state index in [4.69, 9.17) is 9.47 Å². The maximum Gasteiger partial charge on any atom is 0.407 e. The Morgan fingerprint density at radius 2 is 1.04 bits per heavy atom. The highest BCUT2D eigenvalue weighted by Gasteiger charge is 2.31. The molecule has 2 fully saturated rings. The molecule has 0 aromatic heterocycles. The third-order valence-corrected chi connectivity index (χ3v) is 5.41. The van der Waals surface area contributed by atoms with Crippen molar-refractivity contribution in [1.29, 1.82) is 0 Å². The third-order valence-electron chi connectivity index (χ3n) is 5.41. The summed E-state index contributed by atoms with van der Waals surface area (Å²) in [5.41, 5.74) is 0. The van der Waals surface area contributed by atoms with Gasteiger partial charge in [0, 0.05) is 12.1 Å². The fraction of sp³-hybridized carbons (Fsp3) is 0.889. The third kappa shape index (κ3) is 5.87. The highest BCUT2D eigenvalue weighted by Crippen LogP contribution is 2.38. The molecule has 0 spiro atoms. The molecule has 0 heterocycles. The summed E-state index contributed by atoms with van der Waals surface area (Å²) in [5.74, 6) is 1.52. The van der Waals surface area contributed by atoms with Crippen LogP contribution in [0.25, 0.3) is 0 Å². The molecule has 0 aromatic carbocycles. The van der Waals surface area contributed by atoms with Crippen molar-refractivity contribution in [2.75, 3.05) is 13.2 Å². The van der Waals surface area contributed by atoms with Crippen LogP contribution in [0.4, 0.5) is 9.59 Å². The summed E-state index contributed by atoms with van der Waals surface area (Å²) >= 11 is 0. The van der Waals surface area contributed by atoms with Gasteiger partial charge in [0.05, 0.1) is 13.2 Å². The highest BCUT2D eigenvalue weighted by atomic mass is 16.6. The van der Waals surface area contributed by atoms with Gasteiger partial charge in [-0.1, -0.05) is 0 Å². The fourth-order valence-electron chi connectivity index (χ4n) is 4.15. The number of nitrogens with one attached hydrogen (secondary N) is 2. The van der Waals surface area contributed by atoms with Crippen LogP contribution in [-0.2, 0) is 9.47 Å². The molecule has 2 amide bonds. The van der Waals surface area contributed by atoms with Crippen LogP contribution >= 0.6 is 0 Å². The maximum absolute atomic E-state index is 11.5. The molecular formula is C18H32N2O4. The van der Waals surface area contributed by atoms with Crippen molar-refractivity contribution in [2.24, 2.45) is 11.8 Å². The fourth-order valence-corrected chi connectivity index (χ4v) is 4.15. The average molecular weight is 340 g/mol. The topological polar surface area (TPSA) is 76.7 Å². The number of amides is 2. The number of ether oxygens (including phenoxy) is 2. The Kier molecular flexibility index (Phi) is 7.66. The predicted molar refractivity (Wildman–Crippen MR) is 91.8 cm³/mol. The number of carbonyl (C=O) groups is 2. The van der Waals surface area contributed by atoms with Crippen LogP contribution in [0.2, 0.25) is 0 Å². The van der Waals surface area contributed by atoms with E-state index in [2.05, 4.69) is 10.6 Å². The summed E-state index contributed by atoms with van der Waals surface area (Å²) in [7, 11) is 0. The summed E-state index contributed by atoms with van der Waals surface area (Å²) in [4.78, 5) is 23.0. The highest BCUT2D eigenvalue weighted by molar-refractivity contribution is 5.67. The molecule has 2 N–H and O–H groups in total. The Morgan fingerprint density at radius 1 is 0.708 bits per heavy atom. The van der Waals surface area contributed by atoms with Crippen molar-refractivity contribution in [3.63, 3.8) is 0 Å². The van der Waals surface area contributed by atoms with E-state index in [1.54, 1.807) is 0 Å². The summed E-state index contributed by atoms with van der Waals surface area (Å²) in [6.45, 7) is 4.49. The van der Waals surface area contributed by atoms with Gasteiger partial charge < -0.3 is 20.1 Å². The lowest BCUT2D eigenvalue weighted by Gasteiger charge is -2.37. The summed E-state index contributed by atoms with van der Waals surface area (Å²) < 4.78 is 9.91.